The van der Waals surface area contributed by atoms with Crippen molar-refractivity contribution >= 4 is 11.0 Å². The maximum Gasteiger partial charge on any atom is 0.442 e. The van der Waals surface area contributed by atoms with Crippen molar-refractivity contribution in [3.63, 3.8) is 0 Å². The van der Waals surface area contributed by atoms with Gasteiger partial charge in [-0.05, 0) is 30.3 Å². The predicted molar refractivity (Wildman–Crippen MR) is 99.1 cm³/mol. The topological polar surface area (TPSA) is 84.3 Å². The first-order valence-electron chi connectivity index (χ1n) is 8.31. The summed E-state index contributed by atoms with van der Waals surface area (Å²) in [6.45, 7) is 0.233. The highest BCUT2D eigenvalue weighted by Gasteiger charge is 2.18. The van der Waals surface area contributed by atoms with Crippen LogP contribution in [0.4, 0.5) is 0 Å². The summed E-state index contributed by atoms with van der Waals surface area (Å²) in [6.07, 6.45) is 0. The van der Waals surface area contributed by atoms with Crippen LogP contribution in [0.3, 0.4) is 0 Å². The molecule has 2 heterocycles. The lowest BCUT2D eigenvalue weighted by molar-refractivity contribution is 0.355. The molecule has 0 saturated carbocycles. The summed E-state index contributed by atoms with van der Waals surface area (Å²) in [6, 6.07) is 13.1. The van der Waals surface area contributed by atoms with Gasteiger partial charge >= 0.3 is 5.76 Å². The first-order valence-corrected chi connectivity index (χ1v) is 8.31. The maximum absolute atomic E-state index is 12.3. The third-order valence-electron chi connectivity index (χ3n) is 4.51. The van der Waals surface area contributed by atoms with Crippen molar-refractivity contribution in [2.24, 2.45) is 7.05 Å². The molecule has 0 unspecified atom stereocenters. The number of nitrogens with zero attached hydrogens (tertiary/aromatic N) is 4. The van der Waals surface area contributed by atoms with E-state index in [1.807, 2.05) is 35.9 Å². The van der Waals surface area contributed by atoms with Crippen molar-refractivity contribution in [2.45, 2.75) is 6.54 Å². The summed E-state index contributed by atoms with van der Waals surface area (Å²) in [7, 11) is 5.03. The summed E-state index contributed by atoms with van der Waals surface area (Å²) in [4.78, 5) is 16.9. The van der Waals surface area contributed by atoms with Gasteiger partial charge in [-0.3, -0.25) is 4.52 Å². The molecule has 0 amide bonds. The lowest BCUT2D eigenvalue weighted by Gasteiger charge is -2.09. The average molecular weight is 366 g/mol. The number of rotatable bonds is 5. The van der Waals surface area contributed by atoms with Crippen LogP contribution >= 0.6 is 0 Å². The largest absolute Gasteiger partial charge is 0.493 e. The van der Waals surface area contributed by atoms with Crippen LogP contribution in [0, 0.1) is 0 Å². The molecule has 138 valence electrons. The molecule has 0 N–H and O–H groups in total. The van der Waals surface area contributed by atoms with Crippen LogP contribution in [-0.4, -0.2) is 33.5 Å². The average Bonchev–Trinajstić information content (AvgIpc) is 3.22. The highest BCUT2D eigenvalue weighted by Crippen LogP contribution is 2.31. The number of aryl methyl sites for hydroxylation is 1. The number of aromatic nitrogens is 4. The van der Waals surface area contributed by atoms with Gasteiger partial charge in [0, 0.05) is 12.6 Å². The Bertz CT molecular complexity index is 1170. The van der Waals surface area contributed by atoms with Crippen LogP contribution in [-0.2, 0) is 13.6 Å². The Balaban J connectivity index is 1.78. The molecule has 2 aromatic carbocycles. The molecule has 0 fully saturated rings. The minimum Gasteiger partial charge on any atom is -0.493 e. The third-order valence-corrected chi connectivity index (χ3v) is 4.51. The van der Waals surface area contributed by atoms with Gasteiger partial charge in [0.05, 0.1) is 31.8 Å². The number of hydrogen-bond acceptors (Lipinski definition) is 6. The third kappa shape index (κ3) is 2.84. The van der Waals surface area contributed by atoms with E-state index in [1.54, 1.807) is 32.4 Å². The summed E-state index contributed by atoms with van der Waals surface area (Å²) in [5, 5.41) is 3.94. The van der Waals surface area contributed by atoms with Crippen molar-refractivity contribution in [1.82, 2.24) is 19.3 Å². The molecule has 0 saturated heterocycles. The van der Waals surface area contributed by atoms with E-state index in [0.29, 0.717) is 22.9 Å². The standard InChI is InChI=1S/C19H18N4O4/c1-22-14-7-5-4-6-13(14)20-17(22)11-23-18(21-27-19(23)24)12-8-9-15(25-2)16(10-12)26-3/h4-10H,11H2,1-3H3. The second-order valence-corrected chi connectivity index (χ2v) is 6.00. The number of benzene rings is 2. The Morgan fingerprint density at radius 3 is 2.59 bits per heavy atom. The molecule has 0 aliphatic rings. The van der Waals surface area contributed by atoms with Crippen molar-refractivity contribution < 1.29 is 14.0 Å². The van der Waals surface area contributed by atoms with Gasteiger partial charge in [-0.15, -0.1) is 0 Å². The number of fused-ring (bicyclic) bond motifs is 1. The molecule has 0 bridgehead atoms. The van der Waals surface area contributed by atoms with Crippen LogP contribution in [0.2, 0.25) is 0 Å². The molecule has 0 radical (unpaired) electrons. The molecular weight excluding hydrogens is 348 g/mol. The zero-order valence-electron chi connectivity index (χ0n) is 15.2. The van der Waals surface area contributed by atoms with Gasteiger partial charge < -0.3 is 14.0 Å². The zero-order valence-corrected chi connectivity index (χ0v) is 15.2. The fraction of sp³-hybridized carbons (Fsp3) is 0.211. The Kier molecular flexibility index (Phi) is 4.15. The van der Waals surface area contributed by atoms with E-state index in [1.165, 1.54) is 4.57 Å². The lowest BCUT2D eigenvalue weighted by atomic mass is 10.2. The van der Waals surface area contributed by atoms with E-state index in [0.717, 1.165) is 16.9 Å². The fourth-order valence-corrected chi connectivity index (χ4v) is 3.07. The van der Waals surface area contributed by atoms with Crippen molar-refractivity contribution in [2.75, 3.05) is 14.2 Å². The molecule has 8 heteroatoms. The van der Waals surface area contributed by atoms with E-state index >= 15 is 0 Å². The molecule has 4 aromatic rings. The van der Waals surface area contributed by atoms with E-state index in [-0.39, 0.29) is 6.54 Å². The van der Waals surface area contributed by atoms with Crippen LogP contribution < -0.4 is 15.2 Å². The lowest BCUT2D eigenvalue weighted by Crippen LogP contribution is -2.18. The van der Waals surface area contributed by atoms with Gasteiger partial charge in [-0.1, -0.05) is 17.3 Å². The van der Waals surface area contributed by atoms with Crippen LogP contribution in [0.25, 0.3) is 22.4 Å². The summed E-state index contributed by atoms with van der Waals surface area (Å²) >= 11 is 0. The number of para-hydroxylation sites is 2. The van der Waals surface area contributed by atoms with Gasteiger partial charge in [0.2, 0.25) is 0 Å². The summed E-state index contributed by atoms with van der Waals surface area (Å²) in [5.74, 6) is 1.71. The maximum atomic E-state index is 12.3. The van der Waals surface area contributed by atoms with Gasteiger partial charge in [-0.25, -0.2) is 14.3 Å². The first-order chi connectivity index (χ1) is 13.1. The molecule has 0 aliphatic heterocycles. The second kappa shape index (κ2) is 6.64. The Morgan fingerprint density at radius 1 is 1.07 bits per heavy atom. The molecule has 0 aliphatic carbocycles. The van der Waals surface area contributed by atoms with E-state index in [2.05, 4.69) is 10.1 Å². The van der Waals surface area contributed by atoms with Crippen LogP contribution in [0.5, 0.6) is 11.5 Å². The quantitative estimate of drug-likeness (QED) is 0.539. The van der Waals surface area contributed by atoms with Crippen molar-refractivity contribution in [3.05, 3.63) is 58.8 Å². The minimum absolute atomic E-state index is 0.233. The number of methoxy groups -OCH3 is 2. The minimum atomic E-state index is -0.549. The Morgan fingerprint density at radius 2 is 1.85 bits per heavy atom. The Labute approximate surface area is 154 Å². The van der Waals surface area contributed by atoms with Gasteiger partial charge in [0.25, 0.3) is 0 Å². The molecule has 4 rings (SSSR count). The number of imidazole rings is 1. The molecule has 0 atom stereocenters. The number of ether oxygens (including phenoxy) is 2. The second-order valence-electron chi connectivity index (χ2n) is 6.00. The number of hydrogen-bond donors (Lipinski definition) is 0. The molecular formula is C19H18N4O4. The van der Waals surface area contributed by atoms with E-state index in [9.17, 15) is 4.79 Å². The predicted octanol–water partition coefficient (Wildman–Crippen LogP) is 2.46. The van der Waals surface area contributed by atoms with Crippen molar-refractivity contribution in [1.29, 1.82) is 0 Å². The normalized spacial score (nSPS) is 11.1. The van der Waals surface area contributed by atoms with Gasteiger partial charge in [-0.2, -0.15) is 0 Å². The van der Waals surface area contributed by atoms with Crippen LogP contribution in [0.15, 0.2) is 51.8 Å². The molecule has 0 spiro atoms. The smallest absolute Gasteiger partial charge is 0.442 e. The summed E-state index contributed by atoms with van der Waals surface area (Å²) in [5.41, 5.74) is 2.54. The molecule has 27 heavy (non-hydrogen) atoms. The van der Waals surface area contributed by atoms with E-state index < -0.39 is 5.76 Å². The highest BCUT2D eigenvalue weighted by atomic mass is 16.5. The van der Waals surface area contributed by atoms with Gasteiger partial charge in [0.1, 0.15) is 5.82 Å². The molecule has 8 nitrogen and oxygen atoms in total. The first kappa shape index (κ1) is 16.9. The zero-order chi connectivity index (χ0) is 19.0. The van der Waals surface area contributed by atoms with Crippen molar-refractivity contribution in [3.8, 4) is 22.9 Å². The summed E-state index contributed by atoms with van der Waals surface area (Å²) < 4.78 is 18.9. The highest BCUT2D eigenvalue weighted by molar-refractivity contribution is 5.75. The SMILES string of the molecule is COc1ccc(-c2noc(=O)n2Cc2nc3ccccc3n2C)cc1OC. The monoisotopic (exact) mass is 366 g/mol. The Hall–Kier alpha value is -3.55. The van der Waals surface area contributed by atoms with E-state index in [4.69, 9.17) is 14.0 Å². The fourth-order valence-electron chi connectivity index (χ4n) is 3.07. The van der Waals surface area contributed by atoms with Crippen LogP contribution in [0.1, 0.15) is 5.82 Å². The molecule has 2 aromatic heterocycles. The van der Waals surface area contributed by atoms with Gasteiger partial charge in [0.15, 0.2) is 17.3 Å².